The molecule has 0 aromatic heterocycles. The molecule has 21 heavy (non-hydrogen) atoms. The highest BCUT2D eigenvalue weighted by molar-refractivity contribution is 5.77. The van der Waals surface area contributed by atoms with Gasteiger partial charge in [0.25, 0.3) is 0 Å². The Balaban J connectivity index is 1.86. The molecule has 0 spiro atoms. The van der Waals surface area contributed by atoms with Gasteiger partial charge in [0.1, 0.15) is 0 Å². The second-order valence-corrected chi connectivity index (χ2v) is 5.86. The number of hydrogen-bond donors (Lipinski definition) is 3. The van der Waals surface area contributed by atoms with E-state index in [2.05, 4.69) is 27.8 Å². The van der Waals surface area contributed by atoms with Gasteiger partial charge in [-0.3, -0.25) is 15.1 Å². The number of benzene rings is 1. The number of amides is 1. The Morgan fingerprint density at radius 3 is 2.71 bits per heavy atom. The molecule has 1 unspecified atom stereocenters. The van der Waals surface area contributed by atoms with Gasteiger partial charge >= 0.3 is 0 Å². The van der Waals surface area contributed by atoms with Crippen molar-refractivity contribution in [2.24, 2.45) is 11.8 Å². The number of hydrogen-bond acceptors (Lipinski definition) is 4. The fourth-order valence-corrected chi connectivity index (χ4v) is 3.01. The Bertz CT molecular complexity index is 444. The normalized spacial score (nSPS) is 19.4. The molecule has 5 heteroatoms. The zero-order valence-corrected chi connectivity index (χ0v) is 12.8. The average Bonchev–Trinajstić information content (AvgIpc) is 2.50. The van der Waals surface area contributed by atoms with Crippen LogP contribution >= 0.6 is 0 Å². The van der Waals surface area contributed by atoms with Crippen molar-refractivity contribution in [1.29, 1.82) is 0 Å². The SMILES string of the molecule is CNCC1CCCN(Cc2ccc(CC(=O)NN)cc2)C1. The number of carbonyl (C=O) groups excluding carboxylic acids is 1. The summed E-state index contributed by atoms with van der Waals surface area (Å²) in [7, 11) is 2.02. The number of nitrogens with zero attached hydrogens (tertiary/aromatic N) is 1. The molecule has 1 amide bonds. The van der Waals surface area contributed by atoms with Gasteiger partial charge in [0.2, 0.25) is 5.91 Å². The maximum atomic E-state index is 11.2. The predicted octanol–water partition coefficient (Wildman–Crippen LogP) is 0.650. The fraction of sp³-hybridized carbons (Fsp3) is 0.562. The summed E-state index contributed by atoms with van der Waals surface area (Å²) in [5.74, 6) is 5.70. The standard InChI is InChI=1S/C16H26N4O/c1-18-10-15-3-2-8-20(12-15)11-14-6-4-13(5-7-14)9-16(21)19-17/h4-7,15,18H,2-3,8-12,17H2,1H3,(H,19,21). The summed E-state index contributed by atoms with van der Waals surface area (Å²) in [6.07, 6.45) is 2.94. The molecule has 5 nitrogen and oxygen atoms in total. The molecule has 1 aliphatic heterocycles. The van der Waals surface area contributed by atoms with E-state index in [1.165, 1.54) is 24.9 Å². The van der Waals surface area contributed by atoms with Gasteiger partial charge in [0.15, 0.2) is 0 Å². The summed E-state index contributed by atoms with van der Waals surface area (Å²) in [5, 5.41) is 3.28. The minimum atomic E-state index is -0.159. The maximum absolute atomic E-state index is 11.2. The van der Waals surface area contributed by atoms with Crippen LogP contribution in [0.3, 0.4) is 0 Å². The van der Waals surface area contributed by atoms with Crippen LogP contribution in [0.15, 0.2) is 24.3 Å². The Morgan fingerprint density at radius 2 is 2.05 bits per heavy atom. The molecular weight excluding hydrogens is 264 g/mol. The molecule has 0 radical (unpaired) electrons. The van der Waals surface area contributed by atoms with Gasteiger partial charge in [0, 0.05) is 13.1 Å². The van der Waals surface area contributed by atoms with Crippen LogP contribution in [0.1, 0.15) is 24.0 Å². The van der Waals surface area contributed by atoms with E-state index in [1.807, 2.05) is 19.2 Å². The molecule has 1 aromatic carbocycles. The van der Waals surface area contributed by atoms with Gasteiger partial charge in [-0.25, -0.2) is 5.84 Å². The fourth-order valence-electron chi connectivity index (χ4n) is 3.01. The van der Waals surface area contributed by atoms with Crippen molar-refractivity contribution in [3.63, 3.8) is 0 Å². The topological polar surface area (TPSA) is 70.4 Å². The summed E-state index contributed by atoms with van der Waals surface area (Å²) in [4.78, 5) is 13.8. The predicted molar refractivity (Wildman–Crippen MR) is 84.4 cm³/mol. The van der Waals surface area contributed by atoms with Gasteiger partial charge in [-0.05, 0) is 50.0 Å². The van der Waals surface area contributed by atoms with E-state index in [0.717, 1.165) is 31.1 Å². The molecule has 1 atom stereocenters. The summed E-state index contributed by atoms with van der Waals surface area (Å²) < 4.78 is 0. The molecule has 0 bridgehead atoms. The molecule has 2 rings (SSSR count). The Kier molecular flexibility index (Phi) is 6.17. The molecule has 0 aliphatic carbocycles. The second-order valence-electron chi connectivity index (χ2n) is 5.86. The van der Waals surface area contributed by atoms with Gasteiger partial charge in [-0.2, -0.15) is 0 Å². The highest BCUT2D eigenvalue weighted by Gasteiger charge is 2.19. The quantitative estimate of drug-likeness (QED) is 0.409. The maximum Gasteiger partial charge on any atom is 0.238 e. The first-order valence-corrected chi connectivity index (χ1v) is 7.65. The first-order valence-electron chi connectivity index (χ1n) is 7.65. The van der Waals surface area contributed by atoms with E-state index in [1.54, 1.807) is 0 Å². The summed E-state index contributed by atoms with van der Waals surface area (Å²) in [5.41, 5.74) is 4.45. The van der Waals surface area contributed by atoms with E-state index in [-0.39, 0.29) is 5.91 Å². The Hall–Kier alpha value is -1.43. The molecule has 116 valence electrons. The second kappa shape index (κ2) is 8.12. The average molecular weight is 290 g/mol. The number of carbonyl (C=O) groups is 1. The van der Waals surface area contributed by atoms with E-state index >= 15 is 0 Å². The number of piperidine rings is 1. The van der Waals surface area contributed by atoms with Crippen LogP contribution in [0.5, 0.6) is 0 Å². The van der Waals surface area contributed by atoms with Crippen LogP contribution in [0.25, 0.3) is 0 Å². The number of likely N-dealkylation sites (tertiary alicyclic amines) is 1. The summed E-state index contributed by atoms with van der Waals surface area (Å²) in [6.45, 7) is 4.43. The largest absolute Gasteiger partial charge is 0.319 e. The van der Waals surface area contributed by atoms with Crippen LogP contribution in [0.4, 0.5) is 0 Å². The molecule has 1 fully saturated rings. The minimum absolute atomic E-state index is 0.159. The van der Waals surface area contributed by atoms with Gasteiger partial charge < -0.3 is 5.32 Å². The number of nitrogens with one attached hydrogen (secondary N) is 2. The molecule has 4 N–H and O–H groups in total. The highest BCUT2D eigenvalue weighted by atomic mass is 16.2. The molecule has 1 aromatic rings. The number of nitrogens with two attached hydrogens (primary N) is 1. The number of rotatable bonds is 6. The van der Waals surface area contributed by atoms with E-state index in [4.69, 9.17) is 5.84 Å². The lowest BCUT2D eigenvalue weighted by Crippen LogP contribution is -2.38. The monoisotopic (exact) mass is 290 g/mol. The van der Waals surface area contributed by atoms with Crippen molar-refractivity contribution in [3.05, 3.63) is 35.4 Å². The summed E-state index contributed by atoms with van der Waals surface area (Å²) >= 11 is 0. The lowest BCUT2D eigenvalue weighted by molar-refractivity contribution is -0.120. The smallest absolute Gasteiger partial charge is 0.238 e. The first-order chi connectivity index (χ1) is 10.2. The zero-order chi connectivity index (χ0) is 15.1. The van der Waals surface area contributed by atoms with E-state index in [9.17, 15) is 4.79 Å². The Labute approximate surface area is 126 Å². The van der Waals surface area contributed by atoms with Crippen LogP contribution in [0, 0.1) is 5.92 Å². The van der Waals surface area contributed by atoms with Crippen LogP contribution in [-0.2, 0) is 17.8 Å². The third-order valence-corrected chi connectivity index (χ3v) is 4.05. The minimum Gasteiger partial charge on any atom is -0.319 e. The Morgan fingerprint density at radius 1 is 1.33 bits per heavy atom. The van der Waals surface area contributed by atoms with Crippen molar-refractivity contribution in [2.45, 2.75) is 25.8 Å². The van der Waals surface area contributed by atoms with Gasteiger partial charge in [-0.1, -0.05) is 24.3 Å². The van der Waals surface area contributed by atoms with E-state index in [0.29, 0.717) is 6.42 Å². The van der Waals surface area contributed by atoms with Crippen LogP contribution in [0.2, 0.25) is 0 Å². The summed E-state index contributed by atoms with van der Waals surface area (Å²) in [6, 6.07) is 8.25. The first kappa shape index (κ1) is 15.9. The molecule has 0 saturated carbocycles. The van der Waals surface area contributed by atoms with Crippen molar-refractivity contribution in [2.75, 3.05) is 26.7 Å². The lowest BCUT2D eigenvalue weighted by Gasteiger charge is -2.32. The zero-order valence-electron chi connectivity index (χ0n) is 12.8. The van der Waals surface area contributed by atoms with Gasteiger partial charge in [0.05, 0.1) is 6.42 Å². The third kappa shape index (κ3) is 5.12. The van der Waals surface area contributed by atoms with Crippen molar-refractivity contribution >= 4 is 5.91 Å². The van der Waals surface area contributed by atoms with Crippen molar-refractivity contribution in [3.8, 4) is 0 Å². The van der Waals surface area contributed by atoms with Gasteiger partial charge in [-0.15, -0.1) is 0 Å². The molecule has 1 aliphatic rings. The van der Waals surface area contributed by atoms with Crippen molar-refractivity contribution < 1.29 is 4.79 Å². The molecule has 1 saturated heterocycles. The molecule has 1 heterocycles. The third-order valence-electron chi connectivity index (χ3n) is 4.05. The van der Waals surface area contributed by atoms with Crippen LogP contribution < -0.4 is 16.6 Å². The highest BCUT2D eigenvalue weighted by Crippen LogP contribution is 2.18. The number of hydrazine groups is 1. The van der Waals surface area contributed by atoms with Crippen molar-refractivity contribution in [1.82, 2.24) is 15.6 Å². The van der Waals surface area contributed by atoms with Crippen LogP contribution in [-0.4, -0.2) is 37.5 Å². The lowest BCUT2D eigenvalue weighted by atomic mass is 9.97. The van der Waals surface area contributed by atoms with E-state index < -0.39 is 0 Å². The molecular formula is C16H26N4O.